The summed E-state index contributed by atoms with van der Waals surface area (Å²) in [6, 6.07) is 12.7. The maximum Gasteiger partial charge on any atom is 0.162 e. The molecule has 1 fully saturated rings. The number of benzene rings is 1. The molecular formula is C21H25N5. The second-order valence-electron chi connectivity index (χ2n) is 6.83. The molecule has 0 spiro atoms. The summed E-state index contributed by atoms with van der Waals surface area (Å²) in [5, 5.41) is 4.69. The zero-order chi connectivity index (χ0) is 17.8. The second-order valence-corrected chi connectivity index (χ2v) is 6.83. The zero-order valence-corrected chi connectivity index (χ0v) is 15.2. The highest BCUT2D eigenvalue weighted by molar-refractivity contribution is 5.90. The number of anilines is 1. The monoisotopic (exact) mass is 347 g/mol. The highest BCUT2D eigenvalue weighted by Crippen LogP contribution is 2.25. The number of para-hydroxylation sites is 1. The summed E-state index contributed by atoms with van der Waals surface area (Å²) in [7, 11) is 0. The number of nitrogens with one attached hydrogen (secondary N) is 1. The highest BCUT2D eigenvalue weighted by Gasteiger charge is 2.20. The zero-order valence-electron chi connectivity index (χ0n) is 15.2. The fraction of sp³-hybridized carbons (Fsp3) is 0.381. The minimum absolute atomic E-state index is 0.551. The lowest BCUT2D eigenvalue weighted by Crippen LogP contribution is -2.37. The van der Waals surface area contributed by atoms with Crippen molar-refractivity contribution < 1.29 is 0 Å². The summed E-state index contributed by atoms with van der Waals surface area (Å²) in [5.41, 5.74) is 1.95. The van der Waals surface area contributed by atoms with E-state index >= 15 is 0 Å². The SMILES string of the molecule is CC[C@H](CNc1nc(-c2ccncc2)nc2ccccc12)N1CCCC1. The molecule has 0 unspecified atom stereocenters. The van der Waals surface area contributed by atoms with E-state index in [0.29, 0.717) is 6.04 Å². The minimum atomic E-state index is 0.551. The van der Waals surface area contributed by atoms with Crippen LogP contribution in [0.25, 0.3) is 22.3 Å². The van der Waals surface area contributed by atoms with Crippen molar-refractivity contribution in [2.75, 3.05) is 25.0 Å². The van der Waals surface area contributed by atoms with Gasteiger partial charge in [-0.25, -0.2) is 9.97 Å². The Balaban J connectivity index is 1.64. The molecule has 134 valence electrons. The first-order valence-electron chi connectivity index (χ1n) is 9.50. The van der Waals surface area contributed by atoms with Gasteiger partial charge < -0.3 is 5.32 Å². The number of likely N-dealkylation sites (tertiary alicyclic amines) is 1. The van der Waals surface area contributed by atoms with Gasteiger partial charge in [0.05, 0.1) is 5.52 Å². The van der Waals surface area contributed by atoms with Crippen LogP contribution in [0.1, 0.15) is 26.2 Å². The Morgan fingerprint density at radius 3 is 2.58 bits per heavy atom. The van der Waals surface area contributed by atoms with E-state index in [2.05, 4.69) is 28.2 Å². The molecule has 26 heavy (non-hydrogen) atoms. The van der Waals surface area contributed by atoms with Crippen LogP contribution in [0.5, 0.6) is 0 Å². The van der Waals surface area contributed by atoms with Crippen LogP contribution in [-0.4, -0.2) is 45.5 Å². The fourth-order valence-corrected chi connectivity index (χ4v) is 3.69. The summed E-state index contributed by atoms with van der Waals surface area (Å²) in [6.07, 6.45) is 7.34. The standard InChI is InChI=1S/C21H25N5/c1-2-17(26-13-5-6-14-26)15-23-21-18-7-3-4-8-19(18)24-20(25-21)16-9-11-22-12-10-16/h3-4,7-12,17H,2,5-6,13-15H2,1H3,(H,23,24,25)/t17-/m1/s1. The number of rotatable bonds is 6. The van der Waals surface area contributed by atoms with Crippen molar-refractivity contribution in [3.8, 4) is 11.4 Å². The van der Waals surface area contributed by atoms with Crippen LogP contribution in [0.2, 0.25) is 0 Å². The van der Waals surface area contributed by atoms with Crippen LogP contribution in [0.3, 0.4) is 0 Å². The Kier molecular flexibility index (Phi) is 5.07. The first-order chi connectivity index (χ1) is 12.8. The van der Waals surface area contributed by atoms with Gasteiger partial charge in [-0.05, 0) is 56.6 Å². The number of fused-ring (bicyclic) bond motifs is 1. The van der Waals surface area contributed by atoms with Gasteiger partial charge in [0.25, 0.3) is 0 Å². The van der Waals surface area contributed by atoms with Gasteiger partial charge in [0.1, 0.15) is 5.82 Å². The van der Waals surface area contributed by atoms with Crippen LogP contribution < -0.4 is 5.32 Å². The lowest BCUT2D eigenvalue weighted by atomic mass is 10.1. The first-order valence-corrected chi connectivity index (χ1v) is 9.50. The molecular weight excluding hydrogens is 322 g/mol. The van der Waals surface area contributed by atoms with Gasteiger partial charge in [0, 0.05) is 35.9 Å². The normalized spacial score (nSPS) is 16.0. The molecule has 5 nitrogen and oxygen atoms in total. The number of aromatic nitrogens is 3. The lowest BCUT2D eigenvalue weighted by molar-refractivity contribution is 0.246. The van der Waals surface area contributed by atoms with Crippen LogP contribution >= 0.6 is 0 Å². The number of hydrogen-bond donors (Lipinski definition) is 1. The van der Waals surface area contributed by atoms with Gasteiger partial charge in [-0.15, -0.1) is 0 Å². The number of pyridine rings is 1. The maximum atomic E-state index is 4.84. The van der Waals surface area contributed by atoms with Gasteiger partial charge in [-0.1, -0.05) is 19.1 Å². The van der Waals surface area contributed by atoms with E-state index in [4.69, 9.17) is 9.97 Å². The molecule has 0 radical (unpaired) electrons. The average molecular weight is 347 g/mol. The van der Waals surface area contributed by atoms with E-state index in [9.17, 15) is 0 Å². The largest absolute Gasteiger partial charge is 0.368 e. The third-order valence-corrected chi connectivity index (χ3v) is 5.18. The van der Waals surface area contributed by atoms with Crippen LogP contribution in [0.4, 0.5) is 5.82 Å². The van der Waals surface area contributed by atoms with Gasteiger partial charge in [-0.3, -0.25) is 9.88 Å². The van der Waals surface area contributed by atoms with Gasteiger partial charge in [0.15, 0.2) is 5.82 Å². The molecule has 1 aliphatic rings. The Labute approximate surface area is 154 Å². The summed E-state index contributed by atoms with van der Waals surface area (Å²) in [4.78, 5) is 16.3. The molecule has 1 atom stereocenters. The summed E-state index contributed by atoms with van der Waals surface area (Å²) in [6.45, 7) is 5.61. The van der Waals surface area contributed by atoms with Crippen molar-refractivity contribution in [2.24, 2.45) is 0 Å². The minimum Gasteiger partial charge on any atom is -0.368 e. The van der Waals surface area contributed by atoms with Gasteiger partial charge >= 0.3 is 0 Å². The predicted molar refractivity (Wildman–Crippen MR) is 106 cm³/mol. The number of hydrogen-bond acceptors (Lipinski definition) is 5. The maximum absolute atomic E-state index is 4.84. The van der Waals surface area contributed by atoms with Crippen LogP contribution in [0.15, 0.2) is 48.8 Å². The molecule has 5 heteroatoms. The average Bonchev–Trinajstić information content (AvgIpc) is 3.23. The molecule has 4 rings (SSSR count). The topological polar surface area (TPSA) is 53.9 Å². The van der Waals surface area contributed by atoms with Crippen LogP contribution in [0, 0.1) is 0 Å². The van der Waals surface area contributed by atoms with E-state index in [1.54, 1.807) is 12.4 Å². The lowest BCUT2D eigenvalue weighted by Gasteiger charge is -2.27. The first kappa shape index (κ1) is 16.9. The molecule has 0 aliphatic carbocycles. The molecule has 2 aromatic heterocycles. The highest BCUT2D eigenvalue weighted by atomic mass is 15.2. The third-order valence-electron chi connectivity index (χ3n) is 5.18. The van der Waals surface area contributed by atoms with Crippen molar-refractivity contribution >= 4 is 16.7 Å². The van der Waals surface area contributed by atoms with E-state index in [-0.39, 0.29) is 0 Å². The van der Waals surface area contributed by atoms with E-state index in [1.165, 1.54) is 25.9 Å². The predicted octanol–water partition coefficient (Wildman–Crippen LogP) is 3.98. The third kappa shape index (κ3) is 3.53. The summed E-state index contributed by atoms with van der Waals surface area (Å²) < 4.78 is 0. The molecule has 0 amide bonds. The Hall–Kier alpha value is -2.53. The molecule has 3 heterocycles. The van der Waals surface area contributed by atoms with Crippen molar-refractivity contribution in [1.82, 2.24) is 19.9 Å². The van der Waals surface area contributed by atoms with Gasteiger partial charge in [0.2, 0.25) is 0 Å². The molecule has 0 saturated carbocycles. The fourth-order valence-electron chi connectivity index (χ4n) is 3.69. The molecule has 1 aliphatic heterocycles. The molecule has 1 saturated heterocycles. The van der Waals surface area contributed by atoms with E-state index in [1.807, 2.05) is 30.3 Å². The summed E-state index contributed by atoms with van der Waals surface area (Å²) >= 11 is 0. The smallest absolute Gasteiger partial charge is 0.162 e. The second kappa shape index (κ2) is 7.79. The van der Waals surface area contributed by atoms with E-state index < -0.39 is 0 Å². The molecule has 1 aromatic carbocycles. The van der Waals surface area contributed by atoms with Crippen molar-refractivity contribution in [2.45, 2.75) is 32.2 Å². The number of nitrogens with zero attached hydrogens (tertiary/aromatic N) is 4. The van der Waals surface area contributed by atoms with Crippen molar-refractivity contribution in [3.63, 3.8) is 0 Å². The quantitative estimate of drug-likeness (QED) is 0.731. The van der Waals surface area contributed by atoms with Crippen molar-refractivity contribution in [3.05, 3.63) is 48.8 Å². The Morgan fingerprint density at radius 2 is 1.81 bits per heavy atom. The molecule has 0 bridgehead atoms. The van der Waals surface area contributed by atoms with Crippen molar-refractivity contribution in [1.29, 1.82) is 0 Å². The Bertz CT molecular complexity index is 859. The van der Waals surface area contributed by atoms with E-state index in [0.717, 1.165) is 41.1 Å². The molecule has 3 aromatic rings. The van der Waals surface area contributed by atoms with Gasteiger partial charge in [-0.2, -0.15) is 0 Å². The van der Waals surface area contributed by atoms with Crippen LogP contribution in [-0.2, 0) is 0 Å². The summed E-state index contributed by atoms with van der Waals surface area (Å²) in [5.74, 6) is 1.66. The Morgan fingerprint density at radius 1 is 1.04 bits per heavy atom. The molecule has 1 N–H and O–H groups in total.